The molecule has 0 saturated carbocycles. The second-order valence-corrected chi connectivity index (χ2v) is 5.35. The predicted molar refractivity (Wildman–Crippen MR) is 78.7 cm³/mol. The minimum absolute atomic E-state index is 0.384. The lowest BCUT2D eigenvalue weighted by atomic mass is 9.85. The van der Waals surface area contributed by atoms with E-state index in [9.17, 15) is 5.11 Å². The van der Waals surface area contributed by atoms with E-state index in [1.165, 1.54) is 18.4 Å². The van der Waals surface area contributed by atoms with Gasteiger partial charge in [0.05, 0.1) is 6.61 Å². The number of aromatic hydroxyl groups is 1. The number of hydrogen-bond donors (Lipinski definition) is 1. The maximum Gasteiger partial charge on any atom is 0.119 e. The monoisotopic (exact) mass is 260 g/mol. The highest BCUT2D eigenvalue weighted by molar-refractivity contribution is 5.41. The van der Waals surface area contributed by atoms with Gasteiger partial charge in [0, 0.05) is 18.1 Å². The molecule has 104 valence electrons. The molecular weight excluding hydrogens is 236 g/mol. The van der Waals surface area contributed by atoms with Gasteiger partial charge in [-0.1, -0.05) is 23.8 Å². The van der Waals surface area contributed by atoms with Crippen LogP contribution in [0.1, 0.15) is 50.2 Å². The van der Waals surface area contributed by atoms with Gasteiger partial charge in [-0.3, -0.25) is 0 Å². The van der Waals surface area contributed by atoms with Gasteiger partial charge in [-0.15, -0.1) is 0 Å². The van der Waals surface area contributed by atoms with E-state index in [-0.39, 0.29) is 0 Å². The average Bonchev–Trinajstić information content (AvgIpc) is 2.39. The van der Waals surface area contributed by atoms with Gasteiger partial charge in [0.2, 0.25) is 0 Å². The van der Waals surface area contributed by atoms with Crippen molar-refractivity contribution >= 4 is 0 Å². The molecule has 2 rings (SSSR count). The topological polar surface area (TPSA) is 29.5 Å². The first kappa shape index (κ1) is 14.1. The van der Waals surface area contributed by atoms with Crippen molar-refractivity contribution in [3.8, 4) is 5.75 Å². The van der Waals surface area contributed by atoms with Gasteiger partial charge in [0.1, 0.15) is 5.75 Å². The number of benzene rings is 1. The Hall–Kier alpha value is -1.28. The molecule has 0 fully saturated rings. The third kappa shape index (κ3) is 3.84. The number of rotatable bonds is 5. The molecule has 0 amide bonds. The fraction of sp³-hybridized carbons (Fsp3) is 0.529. The van der Waals surface area contributed by atoms with E-state index in [0.717, 1.165) is 37.2 Å². The predicted octanol–water partition coefficient (Wildman–Crippen LogP) is 4.19. The third-order valence-corrected chi connectivity index (χ3v) is 3.81. The smallest absolute Gasteiger partial charge is 0.119 e. The van der Waals surface area contributed by atoms with E-state index < -0.39 is 0 Å². The lowest BCUT2D eigenvalue weighted by Crippen LogP contribution is -2.03. The minimum Gasteiger partial charge on any atom is -0.508 e. The van der Waals surface area contributed by atoms with Crippen LogP contribution in [0.15, 0.2) is 29.8 Å². The summed E-state index contributed by atoms with van der Waals surface area (Å²) in [4.78, 5) is 0. The molecule has 1 aromatic carbocycles. The van der Waals surface area contributed by atoms with Crippen molar-refractivity contribution in [1.82, 2.24) is 0 Å². The van der Waals surface area contributed by atoms with Crippen LogP contribution in [-0.2, 0) is 11.2 Å². The zero-order valence-electron chi connectivity index (χ0n) is 12.0. The van der Waals surface area contributed by atoms with Crippen molar-refractivity contribution < 1.29 is 9.84 Å². The van der Waals surface area contributed by atoms with Gasteiger partial charge in [-0.25, -0.2) is 0 Å². The second kappa shape index (κ2) is 6.76. The Labute approximate surface area is 116 Å². The van der Waals surface area contributed by atoms with Crippen molar-refractivity contribution in [3.63, 3.8) is 0 Å². The van der Waals surface area contributed by atoms with Crippen LogP contribution in [0.25, 0.3) is 0 Å². The van der Waals surface area contributed by atoms with Crippen LogP contribution in [0.5, 0.6) is 5.75 Å². The Morgan fingerprint density at radius 3 is 2.89 bits per heavy atom. The molecule has 2 nitrogen and oxygen atoms in total. The number of phenolic OH excluding ortho intramolecular Hbond substituents is 1. The molecule has 0 aromatic heterocycles. The van der Waals surface area contributed by atoms with Crippen molar-refractivity contribution in [2.45, 2.75) is 45.4 Å². The van der Waals surface area contributed by atoms with Gasteiger partial charge in [-0.2, -0.15) is 0 Å². The minimum atomic E-state index is 0.384. The SMILES string of the molecule is CCOCCc1ccc([C@@H]2C=C(C)CCC2)c(O)c1. The normalized spacial score (nSPS) is 19.3. The molecule has 0 bridgehead atoms. The highest BCUT2D eigenvalue weighted by Crippen LogP contribution is 2.35. The summed E-state index contributed by atoms with van der Waals surface area (Å²) in [6, 6.07) is 6.09. The van der Waals surface area contributed by atoms with Gasteiger partial charge in [-0.05, 0) is 51.2 Å². The summed E-state index contributed by atoms with van der Waals surface area (Å²) in [7, 11) is 0. The maximum absolute atomic E-state index is 10.2. The van der Waals surface area contributed by atoms with Crippen LogP contribution in [0.3, 0.4) is 0 Å². The largest absolute Gasteiger partial charge is 0.508 e. The first-order chi connectivity index (χ1) is 9.20. The summed E-state index contributed by atoms with van der Waals surface area (Å²) in [5, 5.41) is 10.2. The summed E-state index contributed by atoms with van der Waals surface area (Å²) < 4.78 is 5.35. The number of ether oxygens (including phenoxy) is 1. The van der Waals surface area contributed by atoms with E-state index in [4.69, 9.17) is 4.74 Å². The Morgan fingerprint density at radius 2 is 2.21 bits per heavy atom. The summed E-state index contributed by atoms with van der Waals surface area (Å²) in [6.07, 6.45) is 6.73. The van der Waals surface area contributed by atoms with Crippen molar-refractivity contribution in [2.75, 3.05) is 13.2 Å². The van der Waals surface area contributed by atoms with Crippen LogP contribution in [0.4, 0.5) is 0 Å². The Balaban J connectivity index is 2.08. The molecule has 1 aliphatic rings. The standard InChI is InChI=1S/C17H24O2/c1-3-19-10-9-14-7-8-16(17(18)12-14)15-6-4-5-13(2)11-15/h7-8,11-12,15,18H,3-6,9-10H2,1-2H3/t15-/m0/s1. The molecule has 0 aliphatic heterocycles. The first-order valence-corrected chi connectivity index (χ1v) is 7.27. The fourth-order valence-corrected chi connectivity index (χ4v) is 2.75. The molecule has 1 N–H and O–H groups in total. The molecule has 0 spiro atoms. The van der Waals surface area contributed by atoms with E-state index in [0.29, 0.717) is 11.7 Å². The summed E-state index contributed by atoms with van der Waals surface area (Å²) >= 11 is 0. The molecule has 0 heterocycles. The quantitative estimate of drug-likeness (QED) is 0.635. The lowest BCUT2D eigenvalue weighted by Gasteiger charge is -2.21. The van der Waals surface area contributed by atoms with Gasteiger partial charge < -0.3 is 9.84 Å². The molecule has 1 atom stereocenters. The summed E-state index contributed by atoms with van der Waals surface area (Å²) in [6.45, 7) is 5.64. The molecule has 1 aliphatic carbocycles. The zero-order valence-corrected chi connectivity index (χ0v) is 12.0. The van der Waals surface area contributed by atoms with Crippen molar-refractivity contribution in [1.29, 1.82) is 0 Å². The maximum atomic E-state index is 10.2. The van der Waals surface area contributed by atoms with E-state index in [1.54, 1.807) is 0 Å². The zero-order chi connectivity index (χ0) is 13.7. The summed E-state index contributed by atoms with van der Waals surface area (Å²) in [5.74, 6) is 0.819. The van der Waals surface area contributed by atoms with Crippen molar-refractivity contribution in [3.05, 3.63) is 41.0 Å². The van der Waals surface area contributed by atoms with Crippen LogP contribution in [-0.4, -0.2) is 18.3 Å². The van der Waals surface area contributed by atoms with E-state index in [2.05, 4.69) is 25.1 Å². The Kier molecular flexibility index (Phi) is 5.03. The molecular formula is C17H24O2. The first-order valence-electron chi connectivity index (χ1n) is 7.27. The highest BCUT2D eigenvalue weighted by atomic mass is 16.5. The Morgan fingerprint density at radius 1 is 1.37 bits per heavy atom. The number of allylic oxidation sites excluding steroid dienone is 2. The van der Waals surface area contributed by atoms with Crippen LogP contribution in [0.2, 0.25) is 0 Å². The lowest BCUT2D eigenvalue weighted by molar-refractivity contribution is 0.151. The van der Waals surface area contributed by atoms with E-state index >= 15 is 0 Å². The fourth-order valence-electron chi connectivity index (χ4n) is 2.75. The molecule has 0 radical (unpaired) electrons. The number of hydrogen-bond acceptors (Lipinski definition) is 2. The third-order valence-electron chi connectivity index (χ3n) is 3.81. The van der Waals surface area contributed by atoms with Crippen LogP contribution < -0.4 is 0 Å². The molecule has 1 aromatic rings. The molecule has 0 unspecified atom stereocenters. The molecule has 19 heavy (non-hydrogen) atoms. The van der Waals surface area contributed by atoms with Gasteiger partial charge in [0.25, 0.3) is 0 Å². The highest BCUT2D eigenvalue weighted by Gasteiger charge is 2.16. The average molecular weight is 260 g/mol. The van der Waals surface area contributed by atoms with Crippen molar-refractivity contribution in [2.24, 2.45) is 0 Å². The molecule has 0 saturated heterocycles. The van der Waals surface area contributed by atoms with Crippen LogP contribution in [0, 0.1) is 0 Å². The second-order valence-electron chi connectivity index (χ2n) is 5.35. The summed E-state index contributed by atoms with van der Waals surface area (Å²) in [5.41, 5.74) is 3.65. The van der Waals surface area contributed by atoms with Gasteiger partial charge in [0.15, 0.2) is 0 Å². The van der Waals surface area contributed by atoms with Crippen LogP contribution >= 0.6 is 0 Å². The van der Waals surface area contributed by atoms with Gasteiger partial charge >= 0.3 is 0 Å². The Bertz CT molecular complexity index is 449. The molecule has 2 heteroatoms. The van der Waals surface area contributed by atoms with E-state index in [1.807, 2.05) is 13.0 Å². The number of phenols is 1.